The lowest BCUT2D eigenvalue weighted by Gasteiger charge is -2.28. The molecule has 0 bridgehead atoms. The van der Waals surface area contributed by atoms with Crippen molar-refractivity contribution < 1.29 is 53.7 Å². The Morgan fingerprint density at radius 3 is 1.46 bits per heavy atom. The lowest BCUT2D eigenvalue weighted by atomic mass is 9.99. The quantitative estimate of drug-likeness (QED) is 0.0207. The number of aromatic nitrogens is 2. The molecule has 1 aromatic heterocycles. The molecular weight excluding hydrogens is 923 g/mol. The molecule has 0 unspecified atom stereocenters. The SMILES string of the molecule is CC(C)C[C@H](NC(=O)[C@H](Cc1cnc[nH]1)NC(=O)[C@H](Cc1ccc(O)cc1)NC(=O)[C@H](CC(C)C)NC(=O)[C@@H](N)CCCN=C(N)N)C(=O)N[C@@H](CCC(N)=O)C(=O)N[C@@H](Cc1ccc(O)cc1)C(=O)O. The predicted octanol–water partition coefficient (Wildman–Crippen LogP) is -1.42. The lowest BCUT2D eigenvalue weighted by molar-refractivity contribution is -0.142. The number of H-pyrrole nitrogens is 1. The summed E-state index contributed by atoms with van der Waals surface area (Å²) in [7, 11) is 0. The van der Waals surface area contributed by atoms with Gasteiger partial charge in [0.2, 0.25) is 41.4 Å². The monoisotopic (exact) mass is 992 g/mol. The number of imidazole rings is 1. The fourth-order valence-corrected chi connectivity index (χ4v) is 7.22. The maximum Gasteiger partial charge on any atom is 0.326 e. The smallest absolute Gasteiger partial charge is 0.326 e. The van der Waals surface area contributed by atoms with Crippen molar-refractivity contribution in [2.75, 3.05) is 6.54 Å². The number of carboxylic acid groups (broad SMARTS) is 1. The van der Waals surface area contributed by atoms with Crippen molar-refractivity contribution in [2.24, 2.45) is 39.8 Å². The highest BCUT2D eigenvalue weighted by molar-refractivity contribution is 5.97. The first-order valence-corrected chi connectivity index (χ1v) is 23.2. The first kappa shape index (κ1) is 57.6. The molecule has 3 rings (SSSR count). The molecule has 2 aromatic carbocycles. The number of phenols is 2. The highest BCUT2D eigenvalue weighted by Crippen LogP contribution is 2.15. The van der Waals surface area contributed by atoms with Crippen LogP contribution in [0.25, 0.3) is 0 Å². The minimum absolute atomic E-state index is 0.00742. The van der Waals surface area contributed by atoms with Crippen LogP contribution in [0.4, 0.5) is 0 Å². The Morgan fingerprint density at radius 1 is 0.592 bits per heavy atom. The Bertz CT molecular complexity index is 2270. The standard InChI is InChI=1S/C47H69N13O11/c1-25(2)18-34(56-40(64)32(48)6-5-17-53-47(50)51)43(67)58-36(20-27-7-11-30(61)12-8-27)44(68)59-37(22-29-23-52-24-54-29)45(69)57-35(19-26(3)4)42(66)55-33(15-16-39(49)63)41(65)60-38(46(70)71)21-28-9-13-31(62)14-10-28/h7-14,23-26,32-38,61-62H,5-6,15-22,48H2,1-4H3,(H2,49,63)(H,52,54)(H,55,66)(H,56,64)(H,57,69)(H,58,67)(H,59,68)(H,60,65)(H,70,71)(H4,50,51,53)/t32-,33-,34-,35-,36-,37-,38-/m0/s1. The molecule has 0 aliphatic heterocycles. The van der Waals surface area contributed by atoms with E-state index in [0.29, 0.717) is 23.2 Å². The fourth-order valence-electron chi connectivity index (χ4n) is 7.22. The zero-order chi connectivity index (χ0) is 52.8. The number of carboxylic acids is 1. The van der Waals surface area contributed by atoms with Gasteiger partial charge in [0.25, 0.3) is 0 Å². The third-order valence-electron chi connectivity index (χ3n) is 10.9. The van der Waals surface area contributed by atoms with Crippen molar-refractivity contribution in [2.45, 2.75) is 128 Å². The number of guanidine groups is 1. The summed E-state index contributed by atoms with van der Waals surface area (Å²) in [4.78, 5) is 119. The van der Waals surface area contributed by atoms with E-state index < -0.39 is 89.6 Å². The first-order chi connectivity index (χ1) is 33.5. The van der Waals surface area contributed by atoms with Gasteiger partial charge >= 0.3 is 5.97 Å². The van der Waals surface area contributed by atoms with Crippen molar-refractivity contribution in [3.05, 3.63) is 77.9 Å². The third-order valence-corrected chi connectivity index (χ3v) is 10.9. The summed E-state index contributed by atoms with van der Waals surface area (Å²) in [6.07, 6.45) is 2.27. The van der Waals surface area contributed by atoms with Gasteiger partial charge in [-0.2, -0.15) is 0 Å². The number of rotatable bonds is 30. The molecule has 0 saturated heterocycles. The number of carbonyl (C=O) groups excluding carboxylic acids is 7. The van der Waals surface area contributed by atoms with E-state index >= 15 is 0 Å². The summed E-state index contributed by atoms with van der Waals surface area (Å²) in [5.41, 5.74) is 23.6. The van der Waals surface area contributed by atoms with E-state index in [9.17, 15) is 53.7 Å². The first-order valence-electron chi connectivity index (χ1n) is 23.2. The van der Waals surface area contributed by atoms with E-state index in [0.717, 1.165) is 0 Å². The average Bonchev–Trinajstić information content (AvgIpc) is 3.82. The number of phenolic OH excluding ortho intramolecular Hbond substituents is 2. The predicted molar refractivity (Wildman–Crippen MR) is 260 cm³/mol. The van der Waals surface area contributed by atoms with Gasteiger partial charge in [-0.05, 0) is 79.3 Å². The molecule has 1 heterocycles. The number of carbonyl (C=O) groups is 8. The molecule has 388 valence electrons. The van der Waals surface area contributed by atoms with Crippen molar-refractivity contribution >= 4 is 53.3 Å². The minimum atomic E-state index is -1.50. The number of nitrogens with two attached hydrogens (primary N) is 4. The maximum atomic E-state index is 14.4. The van der Waals surface area contributed by atoms with E-state index in [4.69, 9.17) is 22.9 Å². The van der Waals surface area contributed by atoms with Crippen LogP contribution in [-0.4, -0.2) is 127 Å². The Balaban J connectivity index is 1.91. The van der Waals surface area contributed by atoms with Crippen LogP contribution in [0.2, 0.25) is 0 Å². The van der Waals surface area contributed by atoms with Crippen molar-refractivity contribution in [1.29, 1.82) is 0 Å². The molecule has 0 saturated carbocycles. The third kappa shape index (κ3) is 21.2. The van der Waals surface area contributed by atoms with Gasteiger partial charge in [0.1, 0.15) is 47.8 Å². The second kappa shape index (κ2) is 28.7. The number of nitrogens with one attached hydrogen (secondary N) is 7. The number of amides is 7. The molecule has 0 radical (unpaired) electrons. The Labute approximate surface area is 411 Å². The molecule has 71 heavy (non-hydrogen) atoms. The number of hydrogen-bond donors (Lipinski definition) is 14. The van der Waals surface area contributed by atoms with Crippen LogP contribution in [0, 0.1) is 11.8 Å². The van der Waals surface area contributed by atoms with Crippen LogP contribution >= 0.6 is 0 Å². The van der Waals surface area contributed by atoms with Gasteiger partial charge in [0, 0.05) is 44.1 Å². The van der Waals surface area contributed by atoms with Crippen LogP contribution in [-0.2, 0) is 57.6 Å². The summed E-state index contributed by atoms with van der Waals surface area (Å²) in [6.45, 7) is 7.43. The average molecular weight is 992 g/mol. The van der Waals surface area contributed by atoms with Crippen molar-refractivity contribution in [3.63, 3.8) is 0 Å². The number of benzene rings is 2. The molecule has 0 fully saturated rings. The van der Waals surface area contributed by atoms with E-state index in [1.165, 1.54) is 61.1 Å². The Morgan fingerprint density at radius 2 is 1.01 bits per heavy atom. The van der Waals surface area contributed by atoms with Gasteiger partial charge in [-0.25, -0.2) is 9.78 Å². The van der Waals surface area contributed by atoms with Gasteiger partial charge in [-0.3, -0.25) is 38.6 Å². The molecule has 0 spiro atoms. The number of nitrogens with zero attached hydrogens (tertiary/aromatic N) is 2. The highest BCUT2D eigenvalue weighted by Gasteiger charge is 2.35. The topological polar surface area (TPSA) is 415 Å². The van der Waals surface area contributed by atoms with E-state index in [-0.39, 0.29) is 87.2 Å². The normalized spacial score (nSPS) is 14.1. The molecule has 0 aliphatic carbocycles. The minimum Gasteiger partial charge on any atom is -0.508 e. The summed E-state index contributed by atoms with van der Waals surface area (Å²) >= 11 is 0. The highest BCUT2D eigenvalue weighted by atomic mass is 16.4. The van der Waals surface area contributed by atoms with E-state index in [1.807, 2.05) is 13.8 Å². The number of hydrogen-bond acceptors (Lipinski definition) is 13. The second-order valence-electron chi connectivity index (χ2n) is 18.0. The number of aromatic amines is 1. The Hall–Kier alpha value is -7.76. The van der Waals surface area contributed by atoms with Crippen LogP contribution in [0.15, 0.2) is 66.0 Å². The number of aliphatic imine (C=N–C) groups is 1. The molecule has 24 nitrogen and oxygen atoms in total. The molecular formula is C47H69N13O11. The van der Waals surface area contributed by atoms with Gasteiger partial charge in [0.15, 0.2) is 5.96 Å². The molecule has 24 heteroatoms. The van der Waals surface area contributed by atoms with Crippen LogP contribution in [0.1, 0.15) is 83.0 Å². The van der Waals surface area contributed by atoms with Crippen LogP contribution in [0.5, 0.6) is 11.5 Å². The van der Waals surface area contributed by atoms with Crippen LogP contribution < -0.4 is 54.8 Å². The molecule has 7 atom stereocenters. The summed E-state index contributed by atoms with van der Waals surface area (Å²) in [6, 6.07) is 2.18. The lowest BCUT2D eigenvalue weighted by Crippen LogP contribution is -2.60. The summed E-state index contributed by atoms with van der Waals surface area (Å²) in [5.74, 6) is -7.67. The molecule has 0 aliphatic rings. The number of aliphatic carboxylic acids is 1. The number of aromatic hydroxyl groups is 2. The van der Waals surface area contributed by atoms with Gasteiger partial charge in [-0.15, -0.1) is 0 Å². The summed E-state index contributed by atoms with van der Waals surface area (Å²) < 4.78 is 0. The van der Waals surface area contributed by atoms with Crippen LogP contribution in [0.3, 0.4) is 0 Å². The zero-order valence-electron chi connectivity index (χ0n) is 40.4. The zero-order valence-corrected chi connectivity index (χ0v) is 40.4. The molecule has 3 aromatic rings. The van der Waals surface area contributed by atoms with E-state index in [1.54, 1.807) is 13.8 Å². The van der Waals surface area contributed by atoms with Gasteiger partial charge < -0.3 is 75.1 Å². The molecule has 18 N–H and O–H groups in total. The van der Waals surface area contributed by atoms with Crippen molar-refractivity contribution in [3.8, 4) is 11.5 Å². The fraction of sp³-hybridized carbons (Fsp3) is 0.489. The maximum absolute atomic E-state index is 14.4. The summed E-state index contributed by atoms with van der Waals surface area (Å²) in [5, 5.41) is 45.3. The van der Waals surface area contributed by atoms with Gasteiger partial charge in [0.05, 0.1) is 12.4 Å². The largest absolute Gasteiger partial charge is 0.508 e. The molecule has 7 amide bonds. The van der Waals surface area contributed by atoms with E-state index in [2.05, 4.69) is 46.9 Å². The van der Waals surface area contributed by atoms with Crippen molar-refractivity contribution in [1.82, 2.24) is 41.9 Å². The second-order valence-corrected chi connectivity index (χ2v) is 18.0. The number of primary amides is 1. The Kier molecular flexibility index (Phi) is 23.2. The van der Waals surface area contributed by atoms with Gasteiger partial charge in [-0.1, -0.05) is 52.0 Å².